The highest BCUT2D eigenvalue weighted by Gasteiger charge is 2.15. The number of anilines is 1. The lowest BCUT2D eigenvalue weighted by atomic mass is 10.0. The minimum Gasteiger partial charge on any atom is -0.411 e. The average molecular weight is 240 g/mol. The van der Waals surface area contributed by atoms with Gasteiger partial charge < -0.3 is 10.1 Å². The van der Waals surface area contributed by atoms with Gasteiger partial charge in [-0.25, -0.2) is 0 Å². The maximum atomic E-state index is 8.79. The molecular weight excluding hydrogens is 224 g/mol. The fourth-order valence-electron chi connectivity index (χ4n) is 2.74. The summed E-state index contributed by atoms with van der Waals surface area (Å²) in [7, 11) is 0. The van der Waals surface area contributed by atoms with Crippen LogP contribution in [0, 0.1) is 0 Å². The van der Waals surface area contributed by atoms with E-state index in [4.69, 9.17) is 5.21 Å². The quantitative estimate of drug-likeness (QED) is 0.497. The molecule has 92 valence electrons. The first-order chi connectivity index (χ1) is 8.90. The van der Waals surface area contributed by atoms with Gasteiger partial charge in [-0.15, -0.1) is 0 Å². The molecule has 1 aliphatic rings. The summed E-state index contributed by atoms with van der Waals surface area (Å²) < 4.78 is 0. The molecule has 1 heterocycles. The number of benzene rings is 2. The molecule has 0 aliphatic carbocycles. The summed E-state index contributed by atoms with van der Waals surface area (Å²) in [5, 5.41) is 14.3. The van der Waals surface area contributed by atoms with Gasteiger partial charge in [-0.2, -0.15) is 0 Å². The van der Waals surface area contributed by atoms with Gasteiger partial charge in [0, 0.05) is 29.7 Å². The molecule has 0 unspecified atom stereocenters. The molecule has 3 rings (SSSR count). The highest BCUT2D eigenvalue weighted by atomic mass is 16.4. The first-order valence-corrected chi connectivity index (χ1v) is 6.34. The monoisotopic (exact) mass is 240 g/mol. The van der Waals surface area contributed by atoms with Crippen LogP contribution in [0.1, 0.15) is 18.4 Å². The zero-order valence-electron chi connectivity index (χ0n) is 10.2. The fraction of sp³-hybridized carbons (Fsp3) is 0.267. The molecule has 2 aromatic rings. The molecule has 3 nitrogen and oxygen atoms in total. The molecule has 1 saturated heterocycles. The Balaban J connectivity index is 2.23. The van der Waals surface area contributed by atoms with E-state index in [1.807, 2.05) is 12.1 Å². The molecule has 0 atom stereocenters. The minimum atomic E-state index is 0.970. The fourth-order valence-corrected chi connectivity index (χ4v) is 2.74. The predicted molar refractivity (Wildman–Crippen MR) is 74.8 cm³/mol. The number of fused-ring (bicyclic) bond motifs is 1. The van der Waals surface area contributed by atoms with Crippen molar-refractivity contribution in [2.24, 2.45) is 5.16 Å². The van der Waals surface area contributed by atoms with Crippen molar-refractivity contribution in [1.82, 2.24) is 0 Å². The topological polar surface area (TPSA) is 35.8 Å². The Morgan fingerprint density at radius 3 is 2.50 bits per heavy atom. The van der Waals surface area contributed by atoms with Gasteiger partial charge in [0.15, 0.2) is 0 Å². The summed E-state index contributed by atoms with van der Waals surface area (Å²) in [6.45, 7) is 2.23. The van der Waals surface area contributed by atoms with Crippen molar-refractivity contribution >= 4 is 22.7 Å². The van der Waals surface area contributed by atoms with Gasteiger partial charge in [-0.05, 0) is 24.3 Å². The predicted octanol–water partition coefficient (Wildman–Crippen LogP) is 3.25. The Morgan fingerprint density at radius 2 is 1.78 bits per heavy atom. The summed E-state index contributed by atoms with van der Waals surface area (Å²) in [4.78, 5) is 2.41. The molecule has 0 aromatic heterocycles. The number of nitrogens with zero attached hydrogens (tertiary/aromatic N) is 2. The molecule has 18 heavy (non-hydrogen) atoms. The van der Waals surface area contributed by atoms with Crippen molar-refractivity contribution < 1.29 is 5.21 Å². The standard InChI is InChI=1S/C15H16N2O/c18-16-11-13-7-3-5-12-6-4-8-14(15(12)13)17-9-1-2-10-17/h3-8,11,18H,1-2,9-10H2/b16-11+. The second kappa shape index (κ2) is 4.69. The molecule has 0 spiro atoms. The summed E-state index contributed by atoms with van der Waals surface area (Å²) in [5.74, 6) is 0. The number of hydrogen-bond acceptors (Lipinski definition) is 3. The maximum absolute atomic E-state index is 8.79. The van der Waals surface area contributed by atoms with Crippen LogP contribution in [0.25, 0.3) is 10.8 Å². The molecule has 0 radical (unpaired) electrons. The van der Waals surface area contributed by atoms with E-state index in [0.717, 1.165) is 18.7 Å². The van der Waals surface area contributed by atoms with Gasteiger partial charge in [0.05, 0.1) is 6.21 Å². The first-order valence-electron chi connectivity index (χ1n) is 6.34. The van der Waals surface area contributed by atoms with E-state index >= 15 is 0 Å². The highest BCUT2D eigenvalue weighted by Crippen LogP contribution is 2.31. The Kier molecular flexibility index (Phi) is 2.89. The van der Waals surface area contributed by atoms with Crippen molar-refractivity contribution in [2.75, 3.05) is 18.0 Å². The van der Waals surface area contributed by atoms with Gasteiger partial charge in [-0.3, -0.25) is 0 Å². The SMILES string of the molecule is O/N=C/c1cccc2cccc(N3CCCC3)c12. The van der Waals surface area contributed by atoms with Crippen molar-refractivity contribution in [3.8, 4) is 0 Å². The zero-order chi connectivity index (χ0) is 12.4. The number of oxime groups is 1. The summed E-state index contributed by atoms with van der Waals surface area (Å²) in [6.07, 6.45) is 4.03. The largest absolute Gasteiger partial charge is 0.411 e. The maximum Gasteiger partial charge on any atom is 0.0740 e. The Labute approximate surface area is 106 Å². The van der Waals surface area contributed by atoms with Crippen LogP contribution in [-0.4, -0.2) is 24.5 Å². The van der Waals surface area contributed by atoms with Crippen molar-refractivity contribution in [3.63, 3.8) is 0 Å². The van der Waals surface area contributed by atoms with Crippen molar-refractivity contribution in [3.05, 3.63) is 42.0 Å². The second-order valence-electron chi connectivity index (χ2n) is 4.66. The number of rotatable bonds is 2. The lowest BCUT2D eigenvalue weighted by Crippen LogP contribution is -2.18. The Hall–Kier alpha value is -2.03. The molecule has 0 amide bonds. The average Bonchev–Trinajstić information content (AvgIpc) is 2.92. The number of hydrogen-bond donors (Lipinski definition) is 1. The van der Waals surface area contributed by atoms with Gasteiger partial charge >= 0.3 is 0 Å². The van der Waals surface area contributed by atoms with Crippen LogP contribution >= 0.6 is 0 Å². The zero-order valence-corrected chi connectivity index (χ0v) is 10.2. The molecular formula is C15H16N2O. The molecule has 3 heteroatoms. The van der Waals surface area contributed by atoms with Crippen LogP contribution < -0.4 is 4.90 Å². The molecule has 1 aliphatic heterocycles. The van der Waals surface area contributed by atoms with E-state index in [0.29, 0.717) is 0 Å². The molecule has 0 saturated carbocycles. The second-order valence-corrected chi connectivity index (χ2v) is 4.66. The summed E-state index contributed by atoms with van der Waals surface area (Å²) in [6, 6.07) is 12.4. The third-order valence-corrected chi connectivity index (χ3v) is 3.56. The molecule has 2 aromatic carbocycles. The third kappa shape index (κ3) is 1.82. The van der Waals surface area contributed by atoms with Crippen LogP contribution in [0.4, 0.5) is 5.69 Å². The van der Waals surface area contributed by atoms with Crippen LogP contribution in [0.2, 0.25) is 0 Å². The third-order valence-electron chi connectivity index (χ3n) is 3.56. The minimum absolute atomic E-state index is 0.970. The van der Waals surface area contributed by atoms with Gasteiger partial charge in [0.25, 0.3) is 0 Å². The van der Waals surface area contributed by atoms with Crippen LogP contribution in [0.3, 0.4) is 0 Å². The summed E-state index contributed by atoms with van der Waals surface area (Å²) in [5.41, 5.74) is 2.22. The van der Waals surface area contributed by atoms with E-state index in [2.05, 4.69) is 34.3 Å². The lowest BCUT2D eigenvalue weighted by molar-refractivity contribution is 0.322. The van der Waals surface area contributed by atoms with Gasteiger partial charge in [0.1, 0.15) is 0 Å². The Bertz CT molecular complexity index is 581. The van der Waals surface area contributed by atoms with Crippen LogP contribution in [-0.2, 0) is 0 Å². The normalized spacial score (nSPS) is 15.9. The van der Waals surface area contributed by atoms with Gasteiger partial charge in [0.2, 0.25) is 0 Å². The molecule has 0 bridgehead atoms. The first kappa shape index (κ1) is 11.1. The van der Waals surface area contributed by atoms with E-state index in [9.17, 15) is 0 Å². The molecule has 1 fully saturated rings. The van der Waals surface area contributed by atoms with E-state index in [1.165, 1.54) is 35.5 Å². The van der Waals surface area contributed by atoms with E-state index < -0.39 is 0 Å². The van der Waals surface area contributed by atoms with Crippen molar-refractivity contribution in [1.29, 1.82) is 0 Å². The molecule has 1 N–H and O–H groups in total. The smallest absolute Gasteiger partial charge is 0.0740 e. The highest BCUT2D eigenvalue weighted by molar-refractivity contribution is 6.06. The Morgan fingerprint density at radius 1 is 1.06 bits per heavy atom. The van der Waals surface area contributed by atoms with E-state index in [1.54, 1.807) is 0 Å². The van der Waals surface area contributed by atoms with Crippen molar-refractivity contribution in [2.45, 2.75) is 12.8 Å². The lowest BCUT2D eigenvalue weighted by Gasteiger charge is -2.20. The summed E-state index contributed by atoms with van der Waals surface area (Å²) >= 11 is 0. The van der Waals surface area contributed by atoms with Crippen LogP contribution in [0.5, 0.6) is 0 Å². The van der Waals surface area contributed by atoms with Crippen LogP contribution in [0.15, 0.2) is 41.6 Å². The van der Waals surface area contributed by atoms with Gasteiger partial charge in [-0.1, -0.05) is 35.5 Å². The van der Waals surface area contributed by atoms with E-state index in [-0.39, 0.29) is 0 Å².